The molecule has 0 amide bonds. The number of sulfonamides is 1. The number of hydrogen-bond acceptors (Lipinski definition) is 10. The summed E-state index contributed by atoms with van der Waals surface area (Å²) in [6.07, 6.45) is 5.20. The number of pyridine rings is 2. The summed E-state index contributed by atoms with van der Waals surface area (Å²) >= 11 is 0. The third-order valence-corrected chi connectivity index (χ3v) is 8.20. The van der Waals surface area contributed by atoms with Gasteiger partial charge in [-0.3, -0.25) is 4.98 Å². The van der Waals surface area contributed by atoms with Crippen molar-refractivity contribution in [3.05, 3.63) is 36.8 Å². The highest BCUT2D eigenvalue weighted by molar-refractivity contribution is 7.89. The Labute approximate surface area is 205 Å². The molecule has 0 aromatic carbocycles. The summed E-state index contributed by atoms with van der Waals surface area (Å²) in [5, 5.41) is 6.72. The highest BCUT2D eigenvalue weighted by atomic mass is 32.2. The van der Waals surface area contributed by atoms with Crippen LogP contribution in [0.2, 0.25) is 0 Å². The molecule has 11 nitrogen and oxygen atoms in total. The first-order valence-corrected chi connectivity index (χ1v) is 13.5. The van der Waals surface area contributed by atoms with E-state index in [1.54, 1.807) is 29.8 Å². The van der Waals surface area contributed by atoms with Crippen molar-refractivity contribution < 1.29 is 13.2 Å². The van der Waals surface area contributed by atoms with Gasteiger partial charge in [-0.2, -0.15) is 4.31 Å². The molecule has 1 unspecified atom stereocenters. The van der Waals surface area contributed by atoms with Gasteiger partial charge in [0.05, 0.1) is 29.7 Å². The van der Waals surface area contributed by atoms with E-state index in [1.807, 2.05) is 18.2 Å². The molecule has 0 bridgehead atoms. The van der Waals surface area contributed by atoms with Crippen LogP contribution < -0.4 is 15.5 Å². The van der Waals surface area contributed by atoms with E-state index in [4.69, 9.17) is 9.72 Å². The van der Waals surface area contributed by atoms with E-state index in [1.165, 1.54) is 0 Å². The molecule has 5 rings (SSSR count). The van der Waals surface area contributed by atoms with Gasteiger partial charge in [0.15, 0.2) is 5.82 Å². The fraction of sp³-hybridized carbons (Fsp3) is 0.478. The highest BCUT2D eigenvalue weighted by Crippen LogP contribution is 2.26. The normalized spacial score (nSPS) is 19.7. The second kappa shape index (κ2) is 10.4. The van der Waals surface area contributed by atoms with E-state index in [9.17, 15) is 8.42 Å². The van der Waals surface area contributed by atoms with Gasteiger partial charge in [-0.05, 0) is 25.1 Å². The second-order valence-corrected chi connectivity index (χ2v) is 10.8. The topological polar surface area (TPSA) is 125 Å². The van der Waals surface area contributed by atoms with Crippen LogP contribution in [0.5, 0.6) is 0 Å². The minimum absolute atomic E-state index is 0.0645. The van der Waals surface area contributed by atoms with Gasteiger partial charge >= 0.3 is 0 Å². The third kappa shape index (κ3) is 5.35. The van der Waals surface area contributed by atoms with Crippen molar-refractivity contribution in [1.82, 2.24) is 29.6 Å². The number of piperazine rings is 1. The Balaban J connectivity index is 1.33. The molecule has 2 aliphatic rings. The molecule has 5 heterocycles. The summed E-state index contributed by atoms with van der Waals surface area (Å²) in [5.41, 5.74) is 3.08. The van der Waals surface area contributed by atoms with Gasteiger partial charge in [0.1, 0.15) is 11.3 Å². The van der Waals surface area contributed by atoms with Crippen LogP contribution in [-0.4, -0.2) is 96.9 Å². The number of morpholine rings is 1. The molecule has 12 heteroatoms. The first-order chi connectivity index (χ1) is 17.0. The highest BCUT2D eigenvalue weighted by Gasteiger charge is 2.26. The quantitative estimate of drug-likeness (QED) is 0.486. The monoisotopic (exact) mass is 498 g/mol. The van der Waals surface area contributed by atoms with Crippen molar-refractivity contribution in [3.8, 4) is 11.3 Å². The average molecular weight is 499 g/mol. The fourth-order valence-corrected chi connectivity index (χ4v) is 5.39. The van der Waals surface area contributed by atoms with Crippen molar-refractivity contribution >= 4 is 32.7 Å². The number of nitrogens with zero attached hydrogens (tertiary/aromatic N) is 6. The van der Waals surface area contributed by atoms with Crippen LogP contribution in [0.25, 0.3) is 22.3 Å². The van der Waals surface area contributed by atoms with Crippen LogP contribution in [0.4, 0.5) is 11.6 Å². The zero-order valence-electron chi connectivity index (χ0n) is 19.7. The van der Waals surface area contributed by atoms with Gasteiger partial charge < -0.3 is 20.3 Å². The fourth-order valence-electron chi connectivity index (χ4n) is 4.31. The Morgan fingerprint density at radius 3 is 2.69 bits per heavy atom. The molecule has 3 aromatic rings. The van der Waals surface area contributed by atoms with Gasteiger partial charge in [0.25, 0.3) is 0 Å². The van der Waals surface area contributed by atoms with E-state index >= 15 is 0 Å². The Morgan fingerprint density at radius 1 is 1.14 bits per heavy atom. The zero-order chi connectivity index (χ0) is 24.3. The predicted octanol–water partition coefficient (Wildman–Crippen LogP) is 0.959. The van der Waals surface area contributed by atoms with E-state index in [-0.39, 0.29) is 11.9 Å². The van der Waals surface area contributed by atoms with E-state index in [0.29, 0.717) is 50.7 Å². The lowest BCUT2D eigenvalue weighted by Gasteiger charge is -2.34. The summed E-state index contributed by atoms with van der Waals surface area (Å²) in [6, 6.07) is 5.85. The third-order valence-electron chi connectivity index (χ3n) is 6.32. The average Bonchev–Trinajstić information content (AvgIpc) is 2.92. The SMILES string of the molecule is CCS(=O)(=O)N1CCN(c2ccc(-c3cc4nccnc4c(NCC4CNCCO4)n3)cn2)CC1. The second-order valence-electron chi connectivity index (χ2n) is 8.55. The number of aromatic nitrogens is 4. The molecule has 2 saturated heterocycles. The molecule has 0 aliphatic carbocycles. The van der Waals surface area contributed by atoms with E-state index in [0.717, 1.165) is 35.7 Å². The molecule has 35 heavy (non-hydrogen) atoms. The zero-order valence-corrected chi connectivity index (χ0v) is 20.5. The molecule has 2 fully saturated rings. The first kappa shape index (κ1) is 23.8. The molecular weight excluding hydrogens is 468 g/mol. The Morgan fingerprint density at radius 2 is 1.97 bits per heavy atom. The van der Waals surface area contributed by atoms with Crippen LogP contribution in [0.1, 0.15) is 6.92 Å². The molecule has 2 aliphatic heterocycles. The molecule has 0 saturated carbocycles. The lowest BCUT2D eigenvalue weighted by atomic mass is 10.1. The molecule has 3 aromatic heterocycles. The standard InChI is InChI=1S/C23H30N8O3S/c1-2-35(32,33)31-10-8-30(9-11-31)21-4-3-17(14-27-21)19-13-20-22(26-6-5-25-20)23(29-19)28-16-18-15-24-7-12-34-18/h3-6,13-14,18,24H,2,7-12,15-16H2,1H3,(H,28,29). The Hall–Kier alpha value is -2.93. The Kier molecular flexibility index (Phi) is 7.04. The van der Waals surface area contributed by atoms with Gasteiger partial charge in [-0.1, -0.05) is 0 Å². The number of hydrogen-bond donors (Lipinski definition) is 2. The smallest absolute Gasteiger partial charge is 0.213 e. The van der Waals surface area contributed by atoms with Crippen molar-refractivity contribution in [3.63, 3.8) is 0 Å². The summed E-state index contributed by atoms with van der Waals surface area (Å²) in [5.74, 6) is 1.62. The van der Waals surface area contributed by atoms with E-state index in [2.05, 4.69) is 30.5 Å². The number of nitrogens with one attached hydrogen (secondary N) is 2. The maximum absolute atomic E-state index is 12.1. The van der Waals surface area contributed by atoms with Crippen LogP contribution in [0, 0.1) is 0 Å². The van der Waals surface area contributed by atoms with Crippen LogP contribution in [0.3, 0.4) is 0 Å². The van der Waals surface area contributed by atoms with Crippen molar-refractivity contribution in [2.24, 2.45) is 0 Å². The molecule has 0 spiro atoms. The van der Waals surface area contributed by atoms with Gasteiger partial charge in [0, 0.05) is 70.0 Å². The number of ether oxygens (including phenoxy) is 1. The van der Waals surface area contributed by atoms with Crippen LogP contribution in [-0.2, 0) is 14.8 Å². The Bertz CT molecular complexity index is 1260. The van der Waals surface area contributed by atoms with Gasteiger partial charge in [0.2, 0.25) is 10.0 Å². The number of rotatable bonds is 7. The van der Waals surface area contributed by atoms with Gasteiger partial charge in [-0.25, -0.2) is 23.4 Å². The summed E-state index contributed by atoms with van der Waals surface area (Å²) in [7, 11) is -3.15. The predicted molar refractivity (Wildman–Crippen MR) is 135 cm³/mol. The lowest BCUT2D eigenvalue weighted by molar-refractivity contribution is 0.0372. The van der Waals surface area contributed by atoms with Crippen molar-refractivity contribution in [2.45, 2.75) is 13.0 Å². The number of anilines is 2. The number of fused-ring (bicyclic) bond motifs is 1. The van der Waals surface area contributed by atoms with Crippen LogP contribution in [0.15, 0.2) is 36.8 Å². The largest absolute Gasteiger partial charge is 0.374 e. The van der Waals surface area contributed by atoms with E-state index < -0.39 is 10.0 Å². The molecule has 2 N–H and O–H groups in total. The lowest BCUT2D eigenvalue weighted by Crippen LogP contribution is -2.49. The maximum atomic E-state index is 12.1. The first-order valence-electron chi connectivity index (χ1n) is 11.9. The summed E-state index contributed by atoms with van der Waals surface area (Å²) < 4.78 is 31.6. The molecule has 186 valence electrons. The summed E-state index contributed by atoms with van der Waals surface area (Å²) in [6.45, 7) is 6.82. The molecule has 1 atom stereocenters. The van der Waals surface area contributed by atoms with Crippen LogP contribution >= 0.6 is 0 Å². The van der Waals surface area contributed by atoms with Gasteiger partial charge in [-0.15, -0.1) is 0 Å². The minimum atomic E-state index is -3.15. The molecule has 0 radical (unpaired) electrons. The minimum Gasteiger partial charge on any atom is -0.374 e. The maximum Gasteiger partial charge on any atom is 0.213 e. The summed E-state index contributed by atoms with van der Waals surface area (Å²) in [4.78, 5) is 20.5. The molecular formula is C23H30N8O3S. The van der Waals surface area contributed by atoms with Crippen molar-refractivity contribution in [1.29, 1.82) is 0 Å². The van der Waals surface area contributed by atoms with Crippen molar-refractivity contribution in [2.75, 3.05) is 68.4 Å².